The van der Waals surface area contributed by atoms with Crippen LogP contribution in [0.1, 0.15) is 0 Å². The number of hydrogen-bond donors (Lipinski definition) is 2. The van der Waals surface area contributed by atoms with Gasteiger partial charge in [0.2, 0.25) is 0 Å². The second-order valence-electron chi connectivity index (χ2n) is 22.3. The first-order chi connectivity index (χ1) is 45.4. The van der Waals surface area contributed by atoms with E-state index in [1.54, 1.807) is 12.1 Å². The van der Waals surface area contributed by atoms with Gasteiger partial charge in [0.05, 0.1) is 0 Å². The van der Waals surface area contributed by atoms with Gasteiger partial charge in [-0.3, -0.25) is 0 Å². The van der Waals surface area contributed by atoms with Gasteiger partial charge >= 0.3 is 7.12 Å². The van der Waals surface area contributed by atoms with E-state index in [9.17, 15) is 10.0 Å². The first-order valence-electron chi connectivity index (χ1n) is 30.6. The summed E-state index contributed by atoms with van der Waals surface area (Å²) in [4.78, 5) is 4.54. The molecule has 0 aliphatic carbocycles. The summed E-state index contributed by atoms with van der Waals surface area (Å²) in [5.74, 6) is 0. The lowest BCUT2D eigenvalue weighted by Crippen LogP contribution is -2.29. The van der Waals surface area contributed by atoms with Crippen molar-refractivity contribution in [3.8, 4) is 55.6 Å². The smallest absolute Gasteiger partial charge is 0.456 e. The molecule has 92 heavy (non-hydrogen) atoms. The minimum Gasteiger partial charge on any atom is -0.456 e. The zero-order valence-corrected chi connectivity index (χ0v) is 51.6. The summed E-state index contributed by atoms with van der Waals surface area (Å²) in [5, 5.41) is 23.3. The van der Waals surface area contributed by atoms with Crippen LogP contribution in [0.25, 0.3) is 99.5 Å². The van der Waals surface area contributed by atoms with E-state index in [0.29, 0.717) is 5.46 Å². The highest BCUT2D eigenvalue weighted by atomic mass is 79.9. The van der Waals surface area contributed by atoms with Crippen LogP contribution in [0.15, 0.2) is 365 Å². The minimum atomic E-state index is -1.45. The molecular weight excluding hydrogens is 1190 g/mol. The van der Waals surface area contributed by atoms with E-state index in [0.717, 1.165) is 93.6 Å². The molecule has 8 heteroatoms. The molecule has 2 aromatic heterocycles. The predicted octanol–water partition coefficient (Wildman–Crippen LogP) is 22.6. The van der Waals surface area contributed by atoms with Crippen LogP contribution in [-0.4, -0.2) is 17.2 Å². The second kappa shape index (κ2) is 26.8. The molecule has 6 nitrogen and oxygen atoms in total. The highest BCUT2D eigenvalue weighted by Crippen LogP contribution is 2.41. The van der Waals surface area contributed by atoms with Gasteiger partial charge in [-0.05, 0) is 164 Å². The van der Waals surface area contributed by atoms with Crippen LogP contribution in [0.4, 0.5) is 34.1 Å². The number of para-hydroxylation sites is 4. The number of furan rings is 2. The third kappa shape index (κ3) is 12.5. The van der Waals surface area contributed by atoms with E-state index in [2.05, 4.69) is 274 Å². The molecule has 16 rings (SSSR count). The highest BCUT2D eigenvalue weighted by molar-refractivity contribution is 9.10. The quantitative estimate of drug-likeness (QED) is 0.119. The molecule has 0 saturated carbocycles. The molecule has 0 radical (unpaired) electrons. The minimum absolute atomic E-state index is 0.481. The Morgan fingerprint density at radius 2 is 0.522 bits per heavy atom. The normalized spacial score (nSPS) is 11.0. The number of halogens is 1. The third-order valence-corrected chi connectivity index (χ3v) is 17.2. The summed E-state index contributed by atoms with van der Waals surface area (Å²) >= 11 is 3.54. The lowest BCUT2D eigenvalue weighted by Gasteiger charge is -2.26. The van der Waals surface area contributed by atoms with Gasteiger partial charge in [-0.2, -0.15) is 0 Å². The molecule has 0 bridgehead atoms. The molecule has 16 aromatic rings. The summed E-state index contributed by atoms with van der Waals surface area (Å²) in [7, 11) is -1.45. The van der Waals surface area contributed by atoms with Gasteiger partial charge in [-0.25, -0.2) is 0 Å². The Labute approximate surface area is 543 Å². The van der Waals surface area contributed by atoms with Gasteiger partial charge in [0.15, 0.2) is 0 Å². The first kappa shape index (κ1) is 58.4. The fourth-order valence-electron chi connectivity index (χ4n) is 12.0. The predicted molar refractivity (Wildman–Crippen MR) is 388 cm³/mol. The molecule has 0 spiro atoms. The van der Waals surface area contributed by atoms with Crippen molar-refractivity contribution in [1.82, 2.24) is 0 Å². The van der Waals surface area contributed by atoms with E-state index < -0.39 is 7.12 Å². The standard InChI is InChI=1S/C42H29NO.C30H24BNO2.C12H7BrO/c1-3-10-30(11-4-1)32-22-26-36(27-23-32)43(35-12-5-2-6-13-35)37-28-24-33(25-29-37)31-18-20-34(21-19-31)38-15-9-17-41-42(38)39-14-7-8-16-40(39)44-41;33-31(34)27-17-11-24(12-18-27)26-15-21-30(22-16-26)32(28-9-5-2-6-10-28)29-19-13-25(14-20-29)23-7-3-1-4-8-23;13-9-5-3-7-11-12(9)8-4-1-2-6-10(8)14-11/h1-29H;1-22,33-34H;1-7H. The Morgan fingerprint density at radius 3 is 0.924 bits per heavy atom. The fourth-order valence-corrected chi connectivity index (χ4v) is 12.5. The number of nitrogens with zero attached hydrogens (tertiary/aromatic N) is 2. The Bertz CT molecular complexity index is 5090. The number of fused-ring (bicyclic) bond motifs is 6. The molecule has 0 aliphatic rings. The number of hydrogen-bond acceptors (Lipinski definition) is 6. The van der Waals surface area contributed by atoms with Crippen LogP contribution in [0.3, 0.4) is 0 Å². The summed E-state index contributed by atoms with van der Waals surface area (Å²) in [6.45, 7) is 0. The van der Waals surface area contributed by atoms with Crippen molar-refractivity contribution in [2.24, 2.45) is 0 Å². The van der Waals surface area contributed by atoms with Gasteiger partial charge in [-0.15, -0.1) is 0 Å². The molecule has 0 atom stereocenters. The summed E-state index contributed by atoms with van der Waals surface area (Å²) in [6.07, 6.45) is 0. The Morgan fingerprint density at radius 1 is 0.239 bits per heavy atom. The number of rotatable bonds is 12. The summed E-state index contributed by atoms with van der Waals surface area (Å²) in [5.41, 5.74) is 22.4. The maximum Gasteiger partial charge on any atom is 0.488 e. The molecule has 0 unspecified atom stereocenters. The molecule has 0 saturated heterocycles. The fraction of sp³-hybridized carbons (Fsp3) is 0. The summed E-state index contributed by atoms with van der Waals surface area (Å²) in [6, 6.07) is 121. The summed E-state index contributed by atoms with van der Waals surface area (Å²) < 4.78 is 12.9. The molecular formula is C84H60BBrN2O4. The van der Waals surface area contributed by atoms with E-state index >= 15 is 0 Å². The maximum atomic E-state index is 9.33. The van der Waals surface area contributed by atoms with Crippen LogP contribution < -0.4 is 15.3 Å². The molecule has 2 heterocycles. The Balaban J connectivity index is 0.000000135. The Kier molecular flexibility index (Phi) is 17.0. The van der Waals surface area contributed by atoms with Crippen LogP contribution >= 0.6 is 15.9 Å². The number of benzene rings is 14. The van der Waals surface area contributed by atoms with Crippen molar-refractivity contribution in [3.63, 3.8) is 0 Å². The molecule has 0 aliphatic heterocycles. The van der Waals surface area contributed by atoms with E-state index in [-0.39, 0.29) is 0 Å². The monoisotopic (exact) mass is 1250 g/mol. The SMILES string of the molecule is Brc1cccc2oc3ccccc3c12.OB(O)c1ccc(-c2ccc(N(c3ccccc3)c3ccc(-c4ccccc4)cc3)cc2)cc1.c1ccc(-c2ccc(N(c3ccccc3)c3ccc(-c4ccc(-c5cccc6oc7ccccc7c56)cc4)cc3)cc2)cc1. The van der Waals surface area contributed by atoms with Gasteiger partial charge in [0.25, 0.3) is 0 Å². The molecule has 0 amide bonds. The molecule has 440 valence electrons. The zero-order chi connectivity index (χ0) is 62.2. The van der Waals surface area contributed by atoms with Crippen LogP contribution in [-0.2, 0) is 0 Å². The maximum absolute atomic E-state index is 9.33. The van der Waals surface area contributed by atoms with Gasteiger partial charge in [0.1, 0.15) is 22.3 Å². The molecule has 14 aromatic carbocycles. The largest absolute Gasteiger partial charge is 0.488 e. The Hall–Kier alpha value is -11.3. The van der Waals surface area contributed by atoms with Gasteiger partial charge in [0, 0.05) is 60.1 Å². The van der Waals surface area contributed by atoms with Gasteiger partial charge in [-0.1, -0.05) is 265 Å². The van der Waals surface area contributed by atoms with Crippen molar-refractivity contribution >= 4 is 107 Å². The average Bonchev–Trinajstić information content (AvgIpc) is 1.71. The highest BCUT2D eigenvalue weighted by Gasteiger charge is 2.18. The van der Waals surface area contributed by atoms with Crippen molar-refractivity contribution in [3.05, 3.63) is 356 Å². The van der Waals surface area contributed by atoms with Crippen molar-refractivity contribution < 1.29 is 18.9 Å². The van der Waals surface area contributed by atoms with Crippen LogP contribution in [0, 0.1) is 0 Å². The van der Waals surface area contributed by atoms with E-state index in [1.807, 2.05) is 91.0 Å². The topological polar surface area (TPSA) is 73.2 Å². The first-order valence-corrected chi connectivity index (χ1v) is 31.4. The zero-order valence-electron chi connectivity index (χ0n) is 50.0. The lowest BCUT2D eigenvalue weighted by molar-refractivity contribution is 0.426. The van der Waals surface area contributed by atoms with Gasteiger partial charge < -0.3 is 28.7 Å². The third-order valence-electron chi connectivity index (χ3n) is 16.6. The lowest BCUT2D eigenvalue weighted by atomic mass is 9.80. The van der Waals surface area contributed by atoms with Crippen LogP contribution in [0.2, 0.25) is 0 Å². The molecule has 0 fully saturated rings. The van der Waals surface area contributed by atoms with E-state index in [1.165, 1.54) is 44.5 Å². The van der Waals surface area contributed by atoms with Crippen molar-refractivity contribution in [1.29, 1.82) is 0 Å². The van der Waals surface area contributed by atoms with Crippen LogP contribution in [0.5, 0.6) is 0 Å². The van der Waals surface area contributed by atoms with E-state index in [4.69, 9.17) is 8.83 Å². The second-order valence-corrected chi connectivity index (χ2v) is 23.2. The van der Waals surface area contributed by atoms with Crippen molar-refractivity contribution in [2.45, 2.75) is 0 Å². The molecule has 2 N–H and O–H groups in total. The number of anilines is 6. The average molecular weight is 1250 g/mol. The van der Waals surface area contributed by atoms with Crippen molar-refractivity contribution in [2.75, 3.05) is 9.80 Å².